The van der Waals surface area contributed by atoms with E-state index in [9.17, 15) is 9.59 Å². The van der Waals surface area contributed by atoms with Crippen molar-refractivity contribution in [2.24, 2.45) is 0 Å². The second-order valence-corrected chi connectivity index (χ2v) is 4.09. The second kappa shape index (κ2) is 5.01. The first-order valence-electron chi connectivity index (χ1n) is 5.55. The van der Waals surface area contributed by atoms with Crippen LogP contribution in [0.3, 0.4) is 0 Å². The molecule has 18 heavy (non-hydrogen) atoms. The van der Waals surface area contributed by atoms with Crippen molar-refractivity contribution in [3.05, 3.63) is 41.5 Å². The van der Waals surface area contributed by atoms with E-state index in [1.54, 1.807) is 0 Å². The van der Waals surface area contributed by atoms with Crippen LogP contribution in [0.1, 0.15) is 12.0 Å². The maximum absolute atomic E-state index is 11.1. The van der Waals surface area contributed by atoms with Crippen molar-refractivity contribution in [1.82, 2.24) is 5.32 Å². The number of nitrogens with one attached hydrogen (secondary N) is 1. The summed E-state index contributed by atoms with van der Waals surface area (Å²) in [5.41, 5.74) is 2.07. The maximum atomic E-state index is 11.1. The summed E-state index contributed by atoms with van der Waals surface area (Å²) in [7, 11) is 0. The molecule has 0 saturated carbocycles. The number of aliphatic carboxylic acids is 2. The third-order valence-electron chi connectivity index (χ3n) is 2.93. The van der Waals surface area contributed by atoms with E-state index in [-0.39, 0.29) is 6.42 Å². The first kappa shape index (κ1) is 12.3. The molecule has 0 amide bonds. The van der Waals surface area contributed by atoms with Gasteiger partial charge in [-0.3, -0.25) is 14.9 Å². The van der Waals surface area contributed by atoms with E-state index in [0.717, 1.165) is 11.1 Å². The first-order valence-corrected chi connectivity index (χ1v) is 5.55. The normalized spacial score (nSPS) is 19.0. The van der Waals surface area contributed by atoms with Gasteiger partial charge in [0.1, 0.15) is 6.04 Å². The van der Waals surface area contributed by atoms with Crippen LogP contribution in [0, 0.1) is 0 Å². The Bertz CT molecular complexity index is 507. The van der Waals surface area contributed by atoms with Crippen molar-refractivity contribution in [3.8, 4) is 0 Å². The van der Waals surface area contributed by atoms with Crippen molar-refractivity contribution in [2.45, 2.75) is 12.5 Å². The van der Waals surface area contributed by atoms with Crippen molar-refractivity contribution in [2.75, 3.05) is 6.54 Å². The Kier molecular flexibility index (Phi) is 3.43. The maximum Gasteiger partial charge on any atom is 0.325 e. The molecule has 5 nitrogen and oxygen atoms in total. The van der Waals surface area contributed by atoms with Crippen molar-refractivity contribution >= 4 is 17.5 Å². The molecule has 5 heteroatoms. The lowest BCUT2D eigenvalue weighted by atomic mass is 9.97. The smallest absolute Gasteiger partial charge is 0.325 e. The summed E-state index contributed by atoms with van der Waals surface area (Å²) < 4.78 is 0. The van der Waals surface area contributed by atoms with E-state index in [1.165, 1.54) is 0 Å². The molecule has 1 aliphatic heterocycles. The van der Waals surface area contributed by atoms with Crippen LogP contribution in [-0.4, -0.2) is 34.7 Å². The minimum Gasteiger partial charge on any atom is -0.481 e. The molecule has 0 aromatic heterocycles. The van der Waals surface area contributed by atoms with Gasteiger partial charge in [-0.2, -0.15) is 0 Å². The highest BCUT2D eigenvalue weighted by atomic mass is 16.4. The van der Waals surface area contributed by atoms with Crippen LogP contribution in [0.4, 0.5) is 0 Å². The molecule has 0 fully saturated rings. The first-order chi connectivity index (χ1) is 8.59. The van der Waals surface area contributed by atoms with Gasteiger partial charge in [-0.1, -0.05) is 30.3 Å². The van der Waals surface area contributed by atoms with E-state index < -0.39 is 18.0 Å². The summed E-state index contributed by atoms with van der Waals surface area (Å²) in [6.07, 6.45) is -0.256. The molecule has 0 saturated heterocycles. The monoisotopic (exact) mass is 247 g/mol. The van der Waals surface area contributed by atoms with E-state index in [2.05, 4.69) is 5.32 Å². The number of carbonyl (C=O) groups is 2. The molecule has 0 radical (unpaired) electrons. The zero-order chi connectivity index (χ0) is 13.1. The van der Waals surface area contributed by atoms with Gasteiger partial charge in [-0.25, -0.2) is 0 Å². The zero-order valence-electron chi connectivity index (χ0n) is 9.59. The minimum absolute atomic E-state index is 0.256. The van der Waals surface area contributed by atoms with Gasteiger partial charge in [0.15, 0.2) is 0 Å². The van der Waals surface area contributed by atoms with Gasteiger partial charge >= 0.3 is 11.9 Å². The van der Waals surface area contributed by atoms with Crippen molar-refractivity contribution in [3.63, 3.8) is 0 Å². The molecule has 3 N–H and O–H groups in total. The SMILES string of the molecule is O=C(O)CC1=C(c2ccccc2)CN[C@@H]1C(=O)O. The van der Waals surface area contributed by atoms with Crippen LogP contribution in [0.25, 0.3) is 5.57 Å². The molecule has 0 bridgehead atoms. The third-order valence-corrected chi connectivity index (χ3v) is 2.93. The predicted molar refractivity (Wildman–Crippen MR) is 65.0 cm³/mol. The summed E-state index contributed by atoms with van der Waals surface area (Å²) in [6, 6.07) is 8.34. The average molecular weight is 247 g/mol. The van der Waals surface area contributed by atoms with E-state index in [1.807, 2.05) is 30.3 Å². The molecule has 0 aliphatic carbocycles. The Morgan fingerprint density at radius 3 is 2.44 bits per heavy atom. The van der Waals surface area contributed by atoms with Crippen molar-refractivity contribution < 1.29 is 19.8 Å². The molecule has 0 unspecified atom stereocenters. The minimum atomic E-state index is -1.04. The lowest BCUT2D eigenvalue weighted by Crippen LogP contribution is -2.34. The lowest BCUT2D eigenvalue weighted by molar-refractivity contribution is -0.138. The largest absolute Gasteiger partial charge is 0.481 e. The third kappa shape index (κ3) is 2.41. The summed E-state index contributed by atoms with van der Waals surface area (Å²) in [4.78, 5) is 21.9. The molecule has 1 atom stereocenters. The number of carboxylic acids is 2. The molecule has 94 valence electrons. The second-order valence-electron chi connectivity index (χ2n) is 4.09. The topological polar surface area (TPSA) is 86.6 Å². The van der Waals surface area contributed by atoms with Crippen LogP contribution in [0.15, 0.2) is 35.9 Å². The van der Waals surface area contributed by atoms with Gasteiger partial charge in [0.05, 0.1) is 6.42 Å². The molecular formula is C13H13NO4. The highest BCUT2D eigenvalue weighted by Crippen LogP contribution is 2.28. The van der Waals surface area contributed by atoms with Crippen LogP contribution in [0.2, 0.25) is 0 Å². The van der Waals surface area contributed by atoms with Crippen LogP contribution >= 0.6 is 0 Å². The van der Waals surface area contributed by atoms with Gasteiger partial charge in [0.25, 0.3) is 0 Å². The van der Waals surface area contributed by atoms with Gasteiger partial charge in [-0.05, 0) is 16.7 Å². The number of hydrogen-bond acceptors (Lipinski definition) is 3. The van der Waals surface area contributed by atoms with Gasteiger partial charge in [-0.15, -0.1) is 0 Å². The molecule has 2 rings (SSSR count). The Hall–Kier alpha value is -2.14. The van der Waals surface area contributed by atoms with E-state index in [4.69, 9.17) is 10.2 Å². The quantitative estimate of drug-likeness (QED) is 0.738. The summed E-state index contributed by atoms with van der Waals surface area (Å²) in [6.45, 7) is 0.379. The summed E-state index contributed by atoms with van der Waals surface area (Å²) >= 11 is 0. The zero-order valence-corrected chi connectivity index (χ0v) is 9.59. The number of carboxylic acid groups (broad SMARTS) is 2. The van der Waals surface area contributed by atoms with Gasteiger partial charge < -0.3 is 10.2 Å². The summed E-state index contributed by atoms with van der Waals surface area (Å²) in [5.74, 6) is -2.06. The van der Waals surface area contributed by atoms with Gasteiger partial charge in [0, 0.05) is 6.54 Å². The highest BCUT2D eigenvalue weighted by molar-refractivity contribution is 5.89. The average Bonchev–Trinajstić information content (AvgIpc) is 2.73. The Balaban J connectivity index is 2.42. The Morgan fingerprint density at radius 1 is 1.22 bits per heavy atom. The number of benzene rings is 1. The summed E-state index contributed by atoms with van der Waals surface area (Å²) in [5, 5.41) is 20.8. The Morgan fingerprint density at radius 2 is 1.89 bits per heavy atom. The lowest BCUT2D eigenvalue weighted by Gasteiger charge is -2.09. The van der Waals surface area contributed by atoms with Gasteiger partial charge in [0.2, 0.25) is 0 Å². The van der Waals surface area contributed by atoms with E-state index in [0.29, 0.717) is 12.1 Å². The van der Waals surface area contributed by atoms with Crippen LogP contribution in [-0.2, 0) is 9.59 Å². The van der Waals surface area contributed by atoms with Crippen LogP contribution < -0.4 is 5.32 Å². The van der Waals surface area contributed by atoms with Crippen molar-refractivity contribution in [1.29, 1.82) is 0 Å². The molecule has 1 heterocycles. The predicted octanol–water partition coefficient (Wildman–Crippen LogP) is 0.971. The molecule has 1 aliphatic rings. The molecular weight excluding hydrogens is 234 g/mol. The fourth-order valence-corrected chi connectivity index (χ4v) is 2.15. The van der Waals surface area contributed by atoms with E-state index >= 15 is 0 Å². The Labute approximate surface area is 104 Å². The highest BCUT2D eigenvalue weighted by Gasteiger charge is 2.32. The molecule has 1 aromatic carbocycles. The molecule has 1 aromatic rings. The number of hydrogen-bond donors (Lipinski definition) is 3. The molecule has 0 spiro atoms. The fourth-order valence-electron chi connectivity index (χ4n) is 2.15. The van der Waals surface area contributed by atoms with Crippen LogP contribution in [0.5, 0.6) is 0 Å². The number of rotatable bonds is 4. The standard InChI is InChI=1S/C13H13NO4/c15-11(16)6-9-10(7-14-12(9)13(17)18)8-4-2-1-3-5-8/h1-5,12,14H,6-7H2,(H,15,16)(H,17,18)/t12-/m0/s1. The fraction of sp³-hybridized carbons (Fsp3) is 0.231.